The molecule has 0 saturated heterocycles. The minimum absolute atomic E-state index is 0.197. The highest BCUT2D eigenvalue weighted by Gasteiger charge is 2.32. The van der Waals surface area contributed by atoms with Crippen molar-refractivity contribution < 1.29 is 5.11 Å². The number of rotatable bonds is 3. The highest BCUT2D eigenvalue weighted by molar-refractivity contribution is 5.68. The molecule has 1 N–H and O–H groups in total. The number of nitrogens with zero attached hydrogens (tertiary/aromatic N) is 2. The molecule has 1 aromatic heterocycles. The van der Waals surface area contributed by atoms with Gasteiger partial charge in [0.05, 0.1) is 30.4 Å². The number of aliphatic hydroxyl groups is 1. The van der Waals surface area contributed by atoms with Crippen LogP contribution in [-0.2, 0) is 0 Å². The Morgan fingerprint density at radius 1 is 1.17 bits per heavy atom. The third kappa shape index (κ3) is 3.07. The minimum atomic E-state index is -0.197. The fraction of sp³-hybridized carbons (Fsp3) is 0.550. The van der Waals surface area contributed by atoms with E-state index in [0.717, 1.165) is 6.42 Å². The lowest BCUT2D eigenvalue weighted by Gasteiger charge is -2.29. The standard InChI is InChI=1S/C18H22N2O.C2H6/c21-18(13-6-2-1-3-7-13)10-16-14-8-4-5-9-15(14)17-11-19-12-20(16)17;1-2/h4-5,8-9,11-13,16,18,21H,1-3,6-7,10H2;1-2H3/t16?,18-;/m1./s1. The number of benzene rings is 1. The van der Waals surface area contributed by atoms with E-state index in [-0.39, 0.29) is 12.1 Å². The Morgan fingerprint density at radius 2 is 1.91 bits per heavy atom. The van der Waals surface area contributed by atoms with Crippen LogP contribution in [0.15, 0.2) is 36.8 Å². The highest BCUT2D eigenvalue weighted by Crippen LogP contribution is 2.42. The molecule has 1 aromatic carbocycles. The number of fused-ring (bicyclic) bond motifs is 3. The predicted octanol–water partition coefficient (Wildman–Crippen LogP) is 4.81. The molecular weight excluding hydrogens is 284 g/mol. The molecule has 124 valence electrons. The average Bonchev–Trinajstić information content (AvgIpc) is 3.20. The molecule has 1 unspecified atom stereocenters. The summed E-state index contributed by atoms with van der Waals surface area (Å²) in [6.07, 6.45) is 10.7. The molecule has 1 fully saturated rings. The van der Waals surface area contributed by atoms with E-state index in [2.05, 4.69) is 33.8 Å². The first-order valence-electron chi connectivity index (χ1n) is 9.14. The maximum absolute atomic E-state index is 10.7. The number of aromatic nitrogens is 2. The van der Waals surface area contributed by atoms with Gasteiger partial charge in [0.25, 0.3) is 0 Å². The zero-order chi connectivity index (χ0) is 16.2. The number of aliphatic hydroxyl groups excluding tert-OH is 1. The molecule has 0 radical (unpaired) electrons. The van der Waals surface area contributed by atoms with E-state index in [1.807, 2.05) is 26.4 Å². The van der Waals surface area contributed by atoms with Crippen LogP contribution in [-0.4, -0.2) is 20.8 Å². The molecule has 3 nitrogen and oxygen atoms in total. The van der Waals surface area contributed by atoms with Crippen molar-refractivity contribution in [3.8, 4) is 11.3 Å². The Hall–Kier alpha value is -1.61. The third-order valence-corrected chi connectivity index (χ3v) is 5.26. The molecule has 2 aliphatic rings. The summed E-state index contributed by atoms with van der Waals surface area (Å²) >= 11 is 0. The molecule has 1 aliphatic heterocycles. The minimum Gasteiger partial charge on any atom is -0.393 e. The Labute approximate surface area is 139 Å². The molecule has 1 saturated carbocycles. The summed E-state index contributed by atoms with van der Waals surface area (Å²) in [6, 6.07) is 8.78. The predicted molar refractivity (Wildman–Crippen MR) is 94.3 cm³/mol. The van der Waals surface area contributed by atoms with Crippen LogP contribution in [0, 0.1) is 5.92 Å². The summed E-state index contributed by atoms with van der Waals surface area (Å²) in [5, 5.41) is 10.7. The molecule has 2 aromatic rings. The number of hydrogen-bond acceptors (Lipinski definition) is 2. The largest absolute Gasteiger partial charge is 0.393 e. The van der Waals surface area contributed by atoms with Crippen LogP contribution >= 0.6 is 0 Å². The van der Waals surface area contributed by atoms with Gasteiger partial charge in [0.2, 0.25) is 0 Å². The van der Waals surface area contributed by atoms with Crippen LogP contribution in [0.4, 0.5) is 0 Å². The van der Waals surface area contributed by atoms with Crippen LogP contribution < -0.4 is 0 Å². The van der Waals surface area contributed by atoms with E-state index in [0.29, 0.717) is 5.92 Å². The Balaban J connectivity index is 0.000000753. The van der Waals surface area contributed by atoms with E-state index >= 15 is 0 Å². The molecular formula is C20H28N2O. The van der Waals surface area contributed by atoms with Crippen molar-refractivity contribution in [3.05, 3.63) is 42.4 Å². The third-order valence-electron chi connectivity index (χ3n) is 5.26. The summed E-state index contributed by atoms with van der Waals surface area (Å²) in [5.41, 5.74) is 3.80. The van der Waals surface area contributed by atoms with Crippen molar-refractivity contribution in [1.82, 2.24) is 9.55 Å². The zero-order valence-corrected chi connectivity index (χ0v) is 14.3. The van der Waals surface area contributed by atoms with Crippen molar-refractivity contribution >= 4 is 0 Å². The Bertz CT molecular complexity index is 628. The van der Waals surface area contributed by atoms with Gasteiger partial charge in [0.15, 0.2) is 0 Å². The smallest absolute Gasteiger partial charge is 0.0956 e. The van der Waals surface area contributed by atoms with Crippen LogP contribution in [0.1, 0.15) is 64.0 Å². The van der Waals surface area contributed by atoms with Crippen LogP contribution in [0.2, 0.25) is 0 Å². The molecule has 0 amide bonds. The molecule has 3 heteroatoms. The van der Waals surface area contributed by atoms with Crippen molar-refractivity contribution in [1.29, 1.82) is 0 Å². The second-order valence-electron chi connectivity index (χ2n) is 6.49. The van der Waals surface area contributed by atoms with Gasteiger partial charge in [0, 0.05) is 5.56 Å². The molecule has 0 spiro atoms. The molecule has 2 heterocycles. The maximum Gasteiger partial charge on any atom is 0.0956 e. The van der Waals surface area contributed by atoms with E-state index < -0.39 is 0 Å². The van der Waals surface area contributed by atoms with E-state index in [1.54, 1.807) is 0 Å². The van der Waals surface area contributed by atoms with Gasteiger partial charge in [-0.15, -0.1) is 0 Å². The van der Waals surface area contributed by atoms with Gasteiger partial charge in [-0.25, -0.2) is 4.98 Å². The second-order valence-corrected chi connectivity index (χ2v) is 6.49. The lowest BCUT2D eigenvalue weighted by molar-refractivity contribution is 0.0686. The molecule has 0 bridgehead atoms. The first-order chi connectivity index (χ1) is 11.3. The van der Waals surface area contributed by atoms with Crippen LogP contribution in [0.3, 0.4) is 0 Å². The van der Waals surface area contributed by atoms with Gasteiger partial charge < -0.3 is 9.67 Å². The SMILES string of the molecule is CC.O[C@H](CC1c2ccccc2-c2cncn21)C1CCCCC1. The lowest BCUT2D eigenvalue weighted by Crippen LogP contribution is -2.26. The van der Waals surface area contributed by atoms with Crippen molar-refractivity contribution in [2.24, 2.45) is 5.92 Å². The quantitative estimate of drug-likeness (QED) is 0.883. The monoisotopic (exact) mass is 312 g/mol. The molecule has 2 atom stereocenters. The first-order valence-corrected chi connectivity index (χ1v) is 9.14. The molecule has 23 heavy (non-hydrogen) atoms. The number of hydrogen-bond donors (Lipinski definition) is 1. The Morgan fingerprint density at radius 3 is 2.70 bits per heavy atom. The van der Waals surface area contributed by atoms with Crippen LogP contribution in [0.5, 0.6) is 0 Å². The average molecular weight is 312 g/mol. The van der Waals surface area contributed by atoms with Gasteiger partial charge in [0.1, 0.15) is 0 Å². The lowest BCUT2D eigenvalue weighted by atomic mass is 9.82. The first kappa shape index (κ1) is 16.3. The molecule has 4 rings (SSSR count). The highest BCUT2D eigenvalue weighted by atomic mass is 16.3. The van der Waals surface area contributed by atoms with E-state index in [9.17, 15) is 5.11 Å². The summed E-state index contributed by atoms with van der Waals surface area (Å²) in [6.45, 7) is 4.00. The van der Waals surface area contributed by atoms with E-state index in [4.69, 9.17) is 0 Å². The summed E-state index contributed by atoms with van der Waals surface area (Å²) < 4.78 is 2.23. The van der Waals surface area contributed by atoms with Crippen LogP contribution in [0.25, 0.3) is 11.3 Å². The zero-order valence-electron chi connectivity index (χ0n) is 14.3. The maximum atomic E-state index is 10.7. The second kappa shape index (κ2) is 7.31. The van der Waals surface area contributed by atoms with Gasteiger partial charge in [-0.3, -0.25) is 0 Å². The normalized spacial score (nSPS) is 21.1. The fourth-order valence-corrected chi connectivity index (χ4v) is 4.11. The number of imidazole rings is 1. The summed E-state index contributed by atoms with van der Waals surface area (Å²) in [5.74, 6) is 0.485. The van der Waals surface area contributed by atoms with Crippen molar-refractivity contribution in [2.75, 3.05) is 0 Å². The summed E-state index contributed by atoms with van der Waals surface area (Å²) in [7, 11) is 0. The van der Waals surface area contributed by atoms with Crippen molar-refractivity contribution in [2.45, 2.75) is 64.5 Å². The fourth-order valence-electron chi connectivity index (χ4n) is 4.11. The van der Waals surface area contributed by atoms with Gasteiger partial charge in [-0.1, -0.05) is 57.4 Å². The Kier molecular flexibility index (Phi) is 5.16. The molecule has 1 aliphatic carbocycles. The van der Waals surface area contributed by atoms with Gasteiger partial charge >= 0.3 is 0 Å². The van der Waals surface area contributed by atoms with E-state index in [1.165, 1.54) is 48.9 Å². The van der Waals surface area contributed by atoms with Gasteiger partial charge in [-0.2, -0.15) is 0 Å². The van der Waals surface area contributed by atoms with Gasteiger partial charge in [-0.05, 0) is 30.7 Å². The summed E-state index contributed by atoms with van der Waals surface area (Å²) in [4.78, 5) is 4.29. The topological polar surface area (TPSA) is 38.1 Å². The van der Waals surface area contributed by atoms with Crippen molar-refractivity contribution in [3.63, 3.8) is 0 Å².